The Morgan fingerprint density at radius 1 is 0.812 bits per heavy atom. The van der Waals surface area contributed by atoms with Crippen LogP contribution in [0.4, 0.5) is 0 Å². The van der Waals surface area contributed by atoms with E-state index in [0.29, 0.717) is 12.8 Å². The Labute approximate surface area is 97.9 Å². The zero-order valence-electron chi connectivity index (χ0n) is 9.40. The standard InChI is InChI=1S/C8H18O6P2/c1-3-5-7-11-15(9)13-8(6-4-2)14-16(10)12-7/h7-10H,3-6H2,1-2H3. The van der Waals surface area contributed by atoms with E-state index >= 15 is 0 Å². The predicted molar refractivity (Wildman–Crippen MR) is 60.0 cm³/mol. The smallest absolute Gasteiger partial charge is 0.328 e. The van der Waals surface area contributed by atoms with E-state index in [9.17, 15) is 9.79 Å². The first-order chi connectivity index (χ1) is 7.65. The zero-order valence-corrected chi connectivity index (χ0v) is 11.2. The molecular weight excluding hydrogens is 254 g/mol. The van der Waals surface area contributed by atoms with Crippen LogP contribution in [0.2, 0.25) is 0 Å². The highest BCUT2D eigenvalue weighted by atomic mass is 31.2. The van der Waals surface area contributed by atoms with Crippen LogP contribution in [0, 0.1) is 0 Å². The molecule has 16 heavy (non-hydrogen) atoms. The van der Waals surface area contributed by atoms with E-state index in [1.807, 2.05) is 13.8 Å². The average molecular weight is 272 g/mol. The Morgan fingerprint density at radius 2 is 1.12 bits per heavy atom. The predicted octanol–water partition coefficient (Wildman–Crippen LogP) is 2.76. The molecule has 0 atom stereocenters. The summed E-state index contributed by atoms with van der Waals surface area (Å²) in [5.41, 5.74) is 0. The van der Waals surface area contributed by atoms with Crippen LogP contribution < -0.4 is 0 Å². The molecule has 96 valence electrons. The Morgan fingerprint density at radius 3 is 1.38 bits per heavy atom. The molecule has 1 heterocycles. The molecule has 0 radical (unpaired) electrons. The van der Waals surface area contributed by atoms with Crippen molar-refractivity contribution in [2.24, 2.45) is 0 Å². The van der Waals surface area contributed by atoms with Crippen molar-refractivity contribution in [3.8, 4) is 0 Å². The molecule has 1 aliphatic rings. The highest BCUT2D eigenvalue weighted by molar-refractivity contribution is 7.41. The lowest BCUT2D eigenvalue weighted by molar-refractivity contribution is -0.0959. The lowest BCUT2D eigenvalue weighted by Gasteiger charge is -2.29. The van der Waals surface area contributed by atoms with Crippen LogP contribution >= 0.6 is 17.2 Å². The maximum absolute atomic E-state index is 9.48. The normalized spacial score (nSPS) is 36.8. The highest BCUT2D eigenvalue weighted by Crippen LogP contribution is 2.48. The molecule has 2 N–H and O–H groups in total. The summed E-state index contributed by atoms with van der Waals surface area (Å²) in [4.78, 5) is 19.0. The van der Waals surface area contributed by atoms with Gasteiger partial charge in [0.05, 0.1) is 0 Å². The lowest BCUT2D eigenvalue weighted by atomic mass is 10.3. The van der Waals surface area contributed by atoms with Gasteiger partial charge in [-0.2, -0.15) is 0 Å². The van der Waals surface area contributed by atoms with E-state index in [0.717, 1.165) is 12.8 Å². The van der Waals surface area contributed by atoms with Crippen LogP contribution in [0.5, 0.6) is 0 Å². The van der Waals surface area contributed by atoms with Crippen molar-refractivity contribution < 1.29 is 27.9 Å². The third kappa shape index (κ3) is 5.30. The molecule has 0 amide bonds. The van der Waals surface area contributed by atoms with Crippen LogP contribution in [0.25, 0.3) is 0 Å². The van der Waals surface area contributed by atoms with Crippen LogP contribution in [0.15, 0.2) is 0 Å². The van der Waals surface area contributed by atoms with Crippen molar-refractivity contribution in [3.63, 3.8) is 0 Å². The second kappa shape index (κ2) is 7.85. The molecule has 0 bridgehead atoms. The molecule has 8 heteroatoms. The summed E-state index contributed by atoms with van der Waals surface area (Å²) < 4.78 is 20.5. The minimum absolute atomic E-state index is 0.573. The van der Waals surface area contributed by atoms with E-state index in [1.54, 1.807) is 0 Å². The largest absolute Gasteiger partial charge is 0.334 e. The van der Waals surface area contributed by atoms with Crippen molar-refractivity contribution in [3.05, 3.63) is 0 Å². The van der Waals surface area contributed by atoms with Crippen molar-refractivity contribution in [2.75, 3.05) is 0 Å². The van der Waals surface area contributed by atoms with Crippen LogP contribution in [0.3, 0.4) is 0 Å². The molecule has 1 aliphatic heterocycles. The van der Waals surface area contributed by atoms with Gasteiger partial charge in [-0.3, -0.25) is 18.1 Å². The fourth-order valence-corrected chi connectivity index (χ4v) is 2.81. The maximum atomic E-state index is 9.48. The summed E-state index contributed by atoms with van der Waals surface area (Å²) in [6.07, 6.45) is 1.44. The van der Waals surface area contributed by atoms with Crippen molar-refractivity contribution >= 4 is 17.2 Å². The monoisotopic (exact) mass is 272 g/mol. The summed E-state index contributed by atoms with van der Waals surface area (Å²) in [5.74, 6) is 0. The second-order valence-electron chi connectivity index (χ2n) is 3.33. The van der Waals surface area contributed by atoms with E-state index in [-0.39, 0.29) is 0 Å². The van der Waals surface area contributed by atoms with Crippen LogP contribution in [-0.4, -0.2) is 22.4 Å². The first-order valence-corrected chi connectivity index (χ1v) is 7.56. The van der Waals surface area contributed by atoms with E-state index < -0.39 is 29.8 Å². The third-order valence-corrected chi connectivity index (χ3v) is 3.54. The van der Waals surface area contributed by atoms with Gasteiger partial charge in [0.1, 0.15) is 0 Å². The van der Waals surface area contributed by atoms with E-state index in [2.05, 4.69) is 0 Å². The van der Waals surface area contributed by atoms with Gasteiger partial charge in [-0.05, 0) is 12.8 Å². The van der Waals surface area contributed by atoms with Gasteiger partial charge in [-0.25, -0.2) is 0 Å². The second-order valence-corrected chi connectivity index (χ2v) is 5.13. The molecule has 0 aromatic carbocycles. The van der Waals surface area contributed by atoms with Crippen molar-refractivity contribution in [1.29, 1.82) is 0 Å². The zero-order chi connectivity index (χ0) is 12.0. The van der Waals surface area contributed by atoms with Gasteiger partial charge in [0, 0.05) is 0 Å². The van der Waals surface area contributed by atoms with Gasteiger partial charge < -0.3 is 9.79 Å². The molecule has 0 aliphatic carbocycles. The first-order valence-electron chi connectivity index (χ1n) is 5.30. The Balaban J connectivity index is 2.48. The number of hydrogen-bond donors (Lipinski definition) is 2. The van der Waals surface area contributed by atoms with Crippen LogP contribution in [0.1, 0.15) is 39.5 Å². The van der Waals surface area contributed by atoms with Gasteiger partial charge in [-0.15, -0.1) is 0 Å². The fraction of sp³-hybridized carbons (Fsp3) is 1.00. The van der Waals surface area contributed by atoms with Crippen LogP contribution in [-0.2, 0) is 18.1 Å². The molecule has 0 aromatic rings. The number of hydrogen-bond acceptors (Lipinski definition) is 6. The molecular formula is C8H18O6P2. The lowest BCUT2D eigenvalue weighted by Crippen LogP contribution is -2.21. The Bertz CT molecular complexity index is 163. The van der Waals surface area contributed by atoms with Gasteiger partial charge in [0.2, 0.25) is 0 Å². The van der Waals surface area contributed by atoms with Gasteiger partial charge in [-0.1, -0.05) is 26.7 Å². The van der Waals surface area contributed by atoms with Crippen molar-refractivity contribution in [1.82, 2.24) is 0 Å². The number of rotatable bonds is 4. The van der Waals surface area contributed by atoms with E-state index in [4.69, 9.17) is 18.1 Å². The molecule has 0 spiro atoms. The van der Waals surface area contributed by atoms with E-state index in [1.165, 1.54) is 0 Å². The molecule has 0 aromatic heterocycles. The molecule has 1 saturated heterocycles. The highest BCUT2D eigenvalue weighted by Gasteiger charge is 2.30. The maximum Gasteiger partial charge on any atom is 0.334 e. The minimum Gasteiger partial charge on any atom is -0.328 e. The molecule has 0 unspecified atom stereocenters. The minimum atomic E-state index is -2.01. The van der Waals surface area contributed by atoms with Gasteiger partial charge in [0.15, 0.2) is 12.6 Å². The molecule has 1 fully saturated rings. The summed E-state index contributed by atoms with van der Waals surface area (Å²) in [5, 5.41) is 0. The average Bonchev–Trinajstić information content (AvgIpc) is 2.15. The SMILES string of the molecule is CCCC1OP(O)OC(CCC)OP(O)O1. The summed E-state index contributed by atoms with van der Waals surface area (Å²) in [6, 6.07) is 0. The van der Waals surface area contributed by atoms with Gasteiger partial charge in [0.25, 0.3) is 0 Å². The summed E-state index contributed by atoms with van der Waals surface area (Å²) in [6.45, 7) is 3.90. The van der Waals surface area contributed by atoms with Gasteiger partial charge >= 0.3 is 17.2 Å². The third-order valence-electron chi connectivity index (χ3n) is 1.88. The summed E-state index contributed by atoms with van der Waals surface area (Å²) >= 11 is 0. The molecule has 1 rings (SSSR count). The quantitative estimate of drug-likeness (QED) is 0.766. The first kappa shape index (κ1) is 14.7. The Hall–Kier alpha value is 0.620. The molecule has 0 saturated carbocycles. The fourth-order valence-electron chi connectivity index (χ4n) is 1.17. The molecule has 6 nitrogen and oxygen atoms in total. The van der Waals surface area contributed by atoms with Crippen molar-refractivity contribution in [2.45, 2.75) is 52.1 Å². The summed E-state index contributed by atoms with van der Waals surface area (Å²) in [7, 11) is -4.01. The Kier molecular flexibility index (Phi) is 7.20. The topological polar surface area (TPSA) is 77.4 Å².